The fourth-order valence-corrected chi connectivity index (χ4v) is 3.86. The van der Waals surface area contributed by atoms with Gasteiger partial charge in [-0.1, -0.05) is 6.07 Å². The van der Waals surface area contributed by atoms with Gasteiger partial charge in [0.15, 0.2) is 11.6 Å². The second-order valence-electron chi connectivity index (χ2n) is 7.91. The number of rotatable bonds is 4. The van der Waals surface area contributed by atoms with Crippen LogP contribution in [0.1, 0.15) is 29.7 Å². The van der Waals surface area contributed by atoms with Crippen LogP contribution in [0.3, 0.4) is 0 Å². The lowest BCUT2D eigenvalue weighted by Crippen LogP contribution is -2.34. The number of anilines is 1. The number of H-pyrrole nitrogens is 1. The molecule has 1 saturated heterocycles. The molecule has 4 rings (SSSR count). The number of benzene rings is 1. The lowest BCUT2D eigenvalue weighted by Gasteiger charge is -2.33. The van der Waals surface area contributed by atoms with E-state index in [2.05, 4.69) is 19.9 Å². The number of aryl methyl sites for hydroxylation is 1. The van der Waals surface area contributed by atoms with Crippen molar-refractivity contribution < 1.29 is 8.78 Å². The Morgan fingerprint density at radius 3 is 2.50 bits per heavy atom. The van der Waals surface area contributed by atoms with Crippen molar-refractivity contribution in [3.8, 4) is 11.4 Å². The molecule has 1 aromatic carbocycles. The van der Waals surface area contributed by atoms with E-state index in [-0.39, 0.29) is 5.56 Å². The van der Waals surface area contributed by atoms with Gasteiger partial charge in [0.05, 0.1) is 0 Å². The molecular formula is C23H24F2N4O. The topological polar surface area (TPSA) is 61.9 Å². The molecule has 0 saturated carbocycles. The number of nitrogens with zero attached hydrogens (tertiary/aromatic N) is 3. The van der Waals surface area contributed by atoms with Crippen molar-refractivity contribution in [2.24, 2.45) is 5.92 Å². The van der Waals surface area contributed by atoms with Crippen LogP contribution in [0.5, 0.6) is 0 Å². The fourth-order valence-electron chi connectivity index (χ4n) is 3.86. The van der Waals surface area contributed by atoms with Crippen LogP contribution in [0, 0.1) is 31.4 Å². The van der Waals surface area contributed by atoms with Gasteiger partial charge in [0.1, 0.15) is 11.6 Å². The van der Waals surface area contributed by atoms with E-state index in [1.165, 1.54) is 12.1 Å². The predicted molar refractivity (Wildman–Crippen MR) is 113 cm³/mol. The number of halogens is 2. The lowest BCUT2D eigenvalue weighted by atomic mass is 9.90. The Labute approximate surface area is 173 Å². The van der Waals surface area contributed by atoms with Crippen molar-refractivity contribution in [3.63, 3.8) is 0 Å². The molecule has 1 aliphatic rings. The van der Waals surface area contributed by atoms with Crippen molar-refractivity contribution in [2.75, 3.05) is 18.0 Å². The molecule has 7 heteroatoms. The summed E-state index contributed by atoms with van der Waals surface area (Å²) in [5, 5.41) is 0. The van der Waals surface area contributed by atoms with Gasteiger partial charge < -0.3 is 9.88 Å². The molecule has 3 heterocycles. The predicted octanol–water partition coefficient (Wildman–Crippen LogP) is 4.19. The first-order chi connectivity index (χ1) is 14.4. The Hall–Kier alpha value is -3.09. The summed E-state index contributed by atoms with van der Waals surface area (Å²) in [6, 6.07) is 8.02. The molecule has 0 aliphatic carbocycles. The third-order valence-electron chi connectivity index (χ3n) is 5.86. The van der Waals surface area contributed by atoms with Crippen LogP contribution in [-0.2, 0) is 6.42 Å². The second kappa shape index (κ2) is 8.34. The van der Waals surface area contributed by atoms with Gasteiger partial charge >= 0.3 is 0 Å². The highest BCUT2D eigenvalue weighted by atomic mass is 19.2. The lowest BCUT2D eigenvalue weighted by molar-refractivity contribution is 0.401. The van der Waals surface area contributed by atoms with Crippen LogP contribution >= 0.6 is 0 Å². The second-order valence-corrected chi connectivity index (χ2v) is 7.91. The first kappa shape index (κ1) is 20.2. The Morgan fingerprint density at radius 1 is 1.10 bits per heavy atom. The first-order valence-corrected chi connectivity index (χ1v) is 10.1. The Kier molecular flexibility index (Phi) is 5.61. The maximum atomic E-state index is 13.4. The quantitative estimate of drug-likeness (QED) is 0.701. The van der Waals surface area contributed by atoms with Crippen LogP contribution in [0.4, 0.5) is 14.6 Å². The molecule has 0 radical (unpaired) electrons. The van der Waals surface area contributed by atoms with Gasteiger partial charge in [-0.25, -0.2) is 18.7 Å². The average Bonchev–Trinajstić information content (AvgIpc) is 2.75. The largest absolute Gasteiger partial charge is 0.357 e. The molecule has 1 N–H and O–H groups in total. The molecule has 5 nitrogen and oxygen atoms in total. The van der Waals surface area contributed by atoms with E-state index in [0.29, 0.717) is 23.0 Å². The van der Waals surface area contributed by atoms with Crippen LogP contribution in [0.25, 0.3) is 11.4 Å². The smallest absolute Gasteiger partial charge is 0.254 e. The highest BCUT2D eigenvalue weighted by molar-refractivity contribution is 5.56. The van der Waals surface area contributed by atoms with E-state index in [0.717, 1.165) is 49.3 Å². The normalized spacial score (nSPS) is 14.9. The number of nitrogens with one attached hydrogen (secondary N) is 1. The minimum atomic E-state index is -0.803. The molecule has 2 aromatic heterocycles. The number of pyridine rings is 1. The maximum absolute atomic E-state index is 13.4. The summed E-state index contributed by atoms with van der Waals surface area (Å²) in [6.07, 6.45) is 4.42. The average molecular weight is 410 g/mol. The molecule has 1 aliphatic heterocycles. The third kappa shape index (κ3) is 4.25. The maximum Gasteiger partial charge on any atom is 0.254 e. The van der Waals surface area contributed by atoms with Gasteiger partial charge in [0, 0.05) is 36.1 Å². The summed E-state index contributed by atoms with van der Waals surface area (Å²) in [4.78, 5) is 26.0. The molecule has 0 amide bonds. The molecule has 0 unspecified atom stereocenters. The molecule has 0 atom stereocenters. The van der Waals surface area contributed by atoms with Gasteiger partial charge in [0.25, 0.3) is 5.56 Å². The van der Waals surface area contributed by atoms with Crippen molar-refractivity contribution in [2.45, 2.75) is 33.1 Å². The number of hydrogen-bond acceptors (Lipinski definition) is 4. The summed E-state index contributed by atoms with van der Waals surface area (Å²) in [6.45, 7) is 5.29. The van der Waals surface area contributed by atoms with Crippen LogP contribution in [-0.4, -0.2) is 28.0 Å². The molecular weight excluding hydrogens is 386 g/mol. The minimum absolute atomic E-state index is 0.135. The fraction of sp³-hybridized carbons (Fsp3) is 0.348. The number of piperidine rings is 1. The highest BCUT2D eigenvalue weighted by Gasteiger charge is 2.21. The molecule has 30 heavy (non-hydrogen) atoms. The van der Waals surface area contributed by atoms with Crippen molar-refractivity contribution in [1.29, 1.82) is 0 Å². The zero-order valence-electron chi connectivity index (χ0n) is 17.1. The van der Waals surface area contributed by atoms with Gasteiger partial charge in [-0.2, -0.15) is 0 Å². The monoisotopic (exact) mass is 410 g/mol. The van der Waals surface area contributed by atoms with E-state index < -0.39 is 11.6 Å². The van der Waals surface area contributed by atoms with E-state index in [1.54, 1.807) is 19.2 Å². The van der Waals surface area contributed by atoms with Crippen LogP contribution in [0.15, 0.2) is 41.3 Å². The number of aromatic nitrogens is 3. The highest BCUT2D eigenvalue weighted by Crippen LogP contribution is 2.26. The van der Waals surface area contributed by atoms with Crippen LogP contribution in [0.2, 0.25) is 0 Å². The van der Waals surface area contributed by atoms with Gasteiger partial charge in [-0.05, 0) is 68.9 Å². The molecule has 3 aromatic rings. The van der Waals surface area contributed by atoms with Crippen molar-refractivity contribution >= 4 is 5.82 Å². The molecule has 1 fully saturated rings. The third-order valence-corrected chi connectivity index (χ3v) is 5.86. The summed E-state index contributed by atoms with van der Waals surface area (Å²) < 4.78 is 26.5. The van der Waals surface area contributed by atoms with Gasteiger partial charge in [0.2, 0.25) is 0 Å². The Bertz CT molecular complexity index is 1100. The molecule has 0 bridgehead atoms. The first-order valence-electron chi connectivity index (χ1n) is 10.1. The van der Waals surface area contributed by atoms with E-state index in [9.17, 15) is 13.6 Å². The van der Waals surface area contributed by atoms with E-state index >= 15 is 0 Å². The molecule has 156 valence electrons. The summed E-state index contributed by atoms with van der Waals surface area (Å²) in [5.74, 6) is 0.260. The summed E-state index contributed by atoms with van der Waals surface area (Å²) in [5.41, 5.74) is 2.80. The zero-order valence-corrected chi connectivity index (χ0v) is 17.1. The number of hydrogen-bond donors (Lipinski definition) is 1. The minimum Gasteiger partial charge on any atom is -0.357 e. The van der Waals surface area contributed by atoms with Crippen LogP contribution < -0.4 is 10.5 Å². The van der Waals surface area contributed by atoms with Gasteiger partial charge in [-0.3, -0.25) is 4.79 Å². The van der Waals surface area contributed by atoms with E-state index in [1.807, 2.05) is 19.1 Å². The van der Waals surface area contributed by atoms with Crippen molar-refractivity contribution in [1.82, 2.24) is 15.0 Å². The SMILES string of the molecule is Cc1nc(-c2ccc(N3CCC(Cc4ccc(F)c(F)c4)CC3)nc2)[nH]c(=O)c1C. The summed E-state index contributed by atoms with van der Waals surface area (Å²) in [7, 11) is 0. The Balaban J connectivity index is 1.39. The van der Waals surface area contributed by atoms with E-state index in [4.69, 9.17) is 0 Å². The van der Waals surface area contributed by atoms with Gasteiger partial charge in [-0.15, -0.1) is 0 Å². The number of aromatic amines is 1. The summed E-state index contributed by atoms with van der Waals surface area (Å²) >= 11 is 0. The zero-order chi connectivity index (χ0) is 21.3. The molecule has 0 spiro atoms. The standard InChI is InChI=1S/C23H24F2N4O/c1-14-15(2)27-22(28-23(14)30)18-4-6-21(26-13-18)29-9-7-16(8-10-29)11-17-3-5-19(24)20(25)12-17/h3-6,12-13,16H,7-11H2,1-2H3,(H,27,28,30). The Morgan fingerprint density at radius 2 is 1.87 bits per heavy atom. The van der Waals surface area contributed by atoms with Crippen molar-refractivity contribution in [3.05, 3.63) is 75.3 Å².